The van der Waals surface area contributed by atoms with Crippen molar-refractivity contribution in [3.8, 4) is 0 Å². The molecule has 2 rings (SSSR count). The van der Waals surface area contributed by atoms with Crippen molar-refractivity contribution < 1.29 is 5.21 Å². The van der Waals surface area contributed by atoms with Crippen LogP contribution in [-0.4, -0.2) is 11.4 Å². The quantitative estimate of drug-likeness (QED) is 0.485. The molecule has 2 aromatic rings. The van der Waals surface area contributed by atoms with Gasteiger partial charge in [0.2, 0.25) is 0 Å². The molecule has 2 nitrogen and oxygen atoms in total. The van der Waals surface area contributed by atoms with Crippen LogP contribution in [0.4, 0.5) is 0 Å². The number of oxime groups is 1. The molecule has 0 atom stereocenters. The Morgan fingerprint density at radius 3 is 2.62 bits per heavy atom. The Kier molecular flexibility index (Phi) is 3.51. The van der Waals surface area contributed by atoms with Crippen LogP contribution >= 0.6 is 11.3 Å². The third kappa shape index (κ3) is 2.58. The van der Waals surface area contributed by atoms with Crippen LogP contribution in [0, 0.1) is 0 Å². The van der Waals surface area contributed by atoms with Crippen LogP contribution in [-0.2, 0) is 0 Å². The molecule has 0 spiro atoms. The van der Waals surface area contributed by atoms with Crippen LogP contribution in [0.2, 0.25) is 0 Å². The molecule has 0 saturated heterocycles. The Morgan fingerprint density at radius 1 is 1.06 bits per heavy atom. The zero-order valence-electron chi connectivity index (χ0n) is 8.58. The van der Waals surface area contributed by atoms with Gasteiger partial charge in [0.25, 0.3) is 0 Å². The molecule has 0 unspecified atom stereocenters. The fourth-order valence-electron chi connectivity index (χ4n) is 1.38. The van der Waals surface area contributed by atoms with Gasteiger partial charge < -0.3 is 5.21 Å². The summed E-state index contributed by atoms with van der Waals surface area (Å²) >= 11 is 1.55. The van der Waals surface area contributed by atoms with Crippen molar-refractivity contribution in [2.45, 2.75) is 0 Å². The summed E-state index contributed by atoms with van der Waals surface area (Å²) in [4.78, 5) is 0.953. The summed E-state index contributed by atoms with van der Waals surface area (Å²) in [7, 11) is 0. The normalized spacial score (nSPS) is 11.5. The van der Waals surface area contributed by atoms with Gasteiger partial charge in [-0.1, -0.05) is 47.6 Å². The molecule has 0 radical (unpaired) electrons. The van der Waals surface area contributed by atoms with Gasteiger partial charge in [-0.05, 0) is 22.6 Å². The van der Waals surface area contributed by atoms with Crippen molar-refractivity contribution in [3.05, 3.63) is 57.8 Å². The average molecular weight is 229 g/mol. The largest absolute Gasteiger partial charge is 0.411 e. The van der Waals surface area contributed by atoms with E-state index >= 15 is 0 Å². The van der Waals surface area contributed by atoms with Gasteiger partial charge in [-0.25, -0.2) is 0 Å². The molecule has 1 N–H and O–H groups in total. The maximum Gasteiger partial charge on any atom is 0.0839 e. The highest BCUT2D eigenvalue weighted by atomic mass is 32.1. The Labute approximate surface area is 98.2 Å². The summed E-state index contributed by atoms with van der Waals surface area (Å²) in [6.45, 7) is 0. The first-order chi connectivity index (χ1) is 7.90. The van der Waals surface area contributed by atoms with E-state index in [0.29, 0.717) is 0 Å². The van der Waals surface area contributed by atoms with Gasteiger partial charge in [-0.3, -0.25) is 0 Å². The van der Waals surface area contributed by atoms with Crippen molar-refractivity contribution in [3.63, 3.8) is 0 Å². The van der Waals surface area contributed by atoms with Crippen LogP contribution in [0.25, 0.3) is 12.2 Å². The molecular formula is C13H11NOS. The molecule has 0 aliphatic carbocycles. The first-order valence-electron chi connectivity index (χ1n) is 4.88. The lowest BCUT2D eigenvalue weighted by Crippen LogP contribution is -1.77. The van der Waals surface area contributed by atoms with E-state index < -0.39 is 0 Å². The van der Waals surface area contributed by atoms with E-state index in [0.717, 1.165) is 16.0 Å². The average Bonchev–Trinajstić information content (AvgIpc) is 2.76. The first-order valence-corrected chi connectivity index (χ1v) is 5.76. The van der Waals surface area contributed by atoms with Gasteiger partial charge >= 0.3 is 0 Å². The van der Waals surface area contributed by atoms with Gasteiger partial charge in [-0.2, -0.15) is 0 Å². The highest BCUT2D eigenvalue weighted by molar-refractivity contribution is 7.12. The summed E-state index contributed by atoms with van der Waals surface area (Å²) in [6.07, 6.45) is 5.51. The van der Waals surface area contributed by atoms with Gasteiger partial charge in [0, 0.05) is 0 Å². The molecule has 80 valence electrons. The first kappa shape index (κ1) is 10.6. The van der Waals surface area contributed by atoms with Crippen LogP contribution in [0.5, 0.6) is 0 Å². The monoisotopic (exact) mass is 229 g/mol. The molecule has 0 aliphatic rings. The highest BCUT2D eigenvalue weighted by Gasteiger charge is 1.97. The number of nitrogens with zero attached hydrogens (tertiary/aromatic N) is 1. The molecule has 0 saturated carbocycles. The second-order valence-electron chi connectivity index (χ2n) is 3.23. The highest BCUT2D eigenvalue weighted by Crippen LogP contribution is 2.17. The summed E-state index contributed by atoms with van der Waals surface area (Å²) in [5, 5.41) is 13.5. The van der Waals surface area contributed by atoms with E-state index in [1.54, 1.807) is 11.3 Å². The lowest BCUT2D eigenvalue weighted by Gasteiger charge is -1.92. The van der Waals surface area contributed by atoms with Gasteiger partial charge in [0.05, 0.1) is 11.1 Å². The van der Waals surface area contributed by atoms with E-state index in [2.05, 4.69) is 5.16 Å². The van der Waals surface area contributed by atoms with E-state index in [4.69, 9.17) is 5.21 Å². The Balaban J connectivity index is 2.21. The van der Waals surface area contributed by atoms with E-state index in [1.165, 1.54) is 6.21 Å². The summed E-state index contributed by atoms with van der Waals surface area (Å²) in [5.41, 5.74) is 2.22. The minimum atomic E-state index is 0.953. The molecule has 0 aliphatic heterocycles. The van der Waals surface area contributed by atoms with Crippen molar-refractivity contribution in [2.75, 3.05) is 0 Å². The molecule has 3 heteroatoms. The fraction of sp³-hybridized carbons (Fsp3) is 0. The molecule has 0 fully saturated rings. The van der Waals surface area contributed by atoms with Crippen molar-refractivity contribution in [1.82, 2.24) is 0 Å². The van der Waals surface area contributed by atoms with E-state index in [9.17, 15) is 0 Å². The maximum atomic E-state index is 8.50. The van der Waals surface area contributed by atoms with Crippen LogP contribution in [0.15, 0.2) is 46.9 Å². The van der Waals surface area contributed by atoms with Gasteiger partial charge in [0.1, 0.15) is 0 Å². The third-order valence-corrected chi connectivity index (χ3v) is 3.02. The molecular weight excluding hydrogens is 218 g/mol. The number of thiophene rings is 1. The zero-order chi connectivity index (χ0) is 11.2. The lowest BCUT2D eigenvalue weighted by atomic mass is 10.1. The van der Waals surface area contributed by atoms with E-state index in [-0.39, 0.29) is 0 Å². The van der Waals surface area contributed by atoms with Crippen molar-refractivity contribution in [1.29, 1.82) is 0 Å². The zero-order valence-corrected chi connectivity index (χ0v) is 9.39. The third-order valence-electron chi connectivity index (χ3n) is 2.16. The number of hydrogen-bond donors (Lipinski definition) is 1. The minimum absolute atomic E-state index is 0.953. The second-order valence-corrected chi connectivity index (χ2v) is 4.18. The number of rotatable bonds is 3. The van der Waals surface area contributed by atoms with Crippen LogP contribution < -0.4 is 0 Å². The van der Waals surface area contributed by atoms with Crippen molar-refractivity contribution >= 4 is 29.7 Å². The molecule has 0 bridgehead atoms. The van der Waals surface area contributed by atoms with E-state index in [1.807, 2.05) is 53.9 Å². The summed E-state index contributed by atoms with van der Waals surface area (Å²) < 4.78 is 0. The minimum Gasteiger partial charge on any atom is -0.411 e. The number of hydrogen-bond acceptors (Lipinski definition) is 3. The predicted molar refractivity (Wildman–Crippen MR) is 69.1 cm³/mol. The smallest absolute Gasteiger partial charge is 0.0839 e. The molecule has 1 heterocycles. The van der Waals surface area contributed by atoms with Crippen LogP contribution in [0.1, 0.15) is 16.0 Å². The van der Waals surface area contributed by atoms with Crippen LogP contribution in [0.3, 0.4) is 0 Å². The number of benzene rings is 1. The molecule has 1 aromatic carbocycles. The fourth-order valence-corrected chi connectivity index (χ4v) is 2.12. The van der Waals surface area contributed by atoms with Crippen molar-refractivity contribution in [2.24, 2.45) is 5.16 Å². The Morgan fingerprint density at radius 2 is 1.88 bits per heavy atom. The lowest BCUT2D eigenvalue weighted by molar-refractivity contribution is 0.322. The summed E-state index contributed by atoms with van der Waals surface area (Å²) in [5.74, 6) is 0. The SMILES string of the molecule is ON=Cc1sccc1C=Cc1ccccc1. The van der Waals surface area contributed by atoms with Gasteiger partial charge in [0.15, 0.2) is 0 Å². The maximum absolute atomic E-state index is 8.50. The topological polar surface area (TPSA) is 32.6 Å². The summed E-state index contributed by atoms with van der Waals surface area (Å²) in [6, 6.07) is 12.1. The Hall–Kier alpha value is -1.87. The second kappa shape index (κ2) is 5.28. The standard InChI is InChI=1S/C13H11NOS/c15-14-10-13-12(8-9-16-13)7-6-11-4-2-1-3-5-11/h1-10,15H. The molecule has 1 aromatic heterocycles. The predicted octanol–water partition coefficient (Wildman–Crippen LogP) is 3.73. The molecule has 0 amide bonds. The molecule has 16 heavy (non-hydrogen) atoms. The Bertz CT molecular complexity index is 500. The van der Waals surface area contributed by atoms with Gasteiger partial charge in [-0.15, -0.1) is 11.3 Å².